The van der Waals surface area contributed by atoms with Crippen LogP contribution in [0.5, 0.6) is 0 Å². The largest absolute Gasteiger partial charge is 0.397 e. The van der Waals surface area contributed by atoms with Crippen LogP contribution in [0.15, 0.2) is 18.5 Å². The highest BCUT2D eigenvalue weighted by Gasteiger charge is 2.20. The molecule has 14 heavy (non-hydrogen) atoms. The highest BCUT2D eigenvalue weighted by molar-refractivity contribution is 5.98. The summed E-state index contributed by atoms with van der Waals surface area (Å²) in [7, 11) is 0. The van der Waals surface area contributed by atoms with E-state index >= 15 is 0 Å². The van der Waals surface area contributed by atoms with Gasteiger partial charge in [0.1, 0.15) is 0 Å². The van der Waals surface area contributed by atoms with Crippen LogP contribution < -0.4 is 5.73 Å². The van der Waals surface area contributed by atoms with Crippen molar-refractivity contribution in [3.63, 3.8) is 0 Å². The van der Waals surface area contributed by atoms with E-state index in [9.17, 15) is 4.79 Å². The van der Waals surface area contributed by atoms with Crippen LogP contribution in [0.2, 0.25) is 0 Å². The monoisotopic (exact) mass is 191 g/mol. The molecule has 2 N–H and O–H groups in total. The Morgan fingerprint density at radius 1 is 1.43 bits per heavy atom. The van der Waals surface area contributed by atoms with E-state index in [-0.39, 0.29) is 5.91 Å². The number of nitrogens with zero attached hydrogens (tertiary/aromatic N) is 2. The minimum Gasteiger partial charge on any atom is -0.397 e. The maximum atomic E-state index is 11.9. The third-order valence-corrected chi connectivity index (χ3v) is 2.48. The molecule has 0 atom stereocenters. The molecule has 1 aromatic heterocycles. The molecule has 4 heteroatoms. The van der Waals surface area contributed by atoms with Crippen LogP contribution in [0.25, 0.3) is 0 Å². The normalized spacial score (nSPS) is 15.9. The van der Waals surface area contributed by atoms with Crippen molar-refractivity contribution in [2.45, 2.75) is 12.8 Å². The van der Waals surface area contributed by atoms with Gasteiger partial charge in [0.15, 0.2) is 0 Å². The van der Waals surface area contributed by atoms with Gasteiger partial charge in [-0.05, 0) is 18.9 Å². The van der Waals surface area contributed by atoms with Crippen LogP contribution in [0.4, 0.5) is 5.69 Å². The van der Waals surface area contributed by atoms with Crippen LogP contribution >= 0.6 is 0 Å². The summed E-state index contributed by atoms with van der Waals surface area (Å²) in [4.78, 5) is 17.6. The molecule has 74 valence electrons. The van der Waals surface area contributed by atoms with Crippen LogP contribution in [-0.2, 0) is 0 Å². The van der Waals surface area contributed by atoms with Crippen molar-refractivity contribution in [2.75, 3.05) is 18.8 Å². The number of likely N-dealkylation sites (tertiary alicyclic amines) is 1. The fraction of sp³-hybridized carbons (Fsp3) is 0.400. The van der Waals surface area contributed by atoms with E-state index in [0.29, 0.717) is 11.3 Å². The Hall–Kier alpha value is -1.58. The number of carbonyl (C=O) groups is 1. The Morgan fingerprint density at radius 3 is 2.79 bits per heavy atom. The molecule has 1 saturated heterocycles. The number of hydrogen-bond acceptors (Lipinski definition) is 3. The van der Waals surface area contributed by atoms with Crippen molar-refractivity contribution in [1.82, 2.24) is 9.88 Å². The maximum absolute atomic E-state index is 11.9. The van der Waals surface area contributed by atoms with Gasteiger partial charge in [-0.15, -0.1) is 0 Å². The number of amides is 1. The molecule has 1 amide bonds. The number of aromatic nitrogens is 1. The Balaban J connectivity index is 2.22. The lowest BCUT2D eigenvalue weighted by atomic mass is 10.2. The van der Waals surface area contributed by atoms with Crippen molar-refractivity contribution in [1.29, 1.82) is 0 Å². The minimum absolute atomic E-state index is 0.0300. The average molecular weight is 191 g/mol. The van der Waals surface area contributed by atoms with Crippen molar-refractivity contribution in [3.8, 4) is 0 Å². The van der Waals surface area contributed by atoms with E-state index in [2.05, 4.69) is 4.98 Å². The Morgan fingerprint density at radius 2 is 2.14 bits per heavy atom. The predicted octanol–water partition coefficient (Wildman–Crippen LogP) is 0.900. The fourth-order valence-electron chi connectivity index (χ4n) is 1.69. The van der Waals surface area contributed by atoms with E-state index in [1.165, 1.54) is 6.20 Å². The molecule has 4 nitrogen and oxygen atoms in total. The average Bonchev–Trinajstić information content (AvgIpc) is 2.70. The second-order valence-corrected chi connectivity index (χ2v) is 3.46. The molecule has 2 heterocycles. The first-order chi connectivity index (χ1) is 6.79. The third-order valence-electron chi connectivity index (χ3n) is 2.48. The molecular weight excluding hydrogens is 178 g/mol. The molecule has 1 aromatic rings. The molecule has 2 rings (SSSR count). The zero-order valence-electron chi connectivity index (χ0n) is 7.94. The highest BCUT2D eigenvalue weighted by atomic mass is 16.2. The summed E-state index contributed by atoms with van der Waals surface area (Å²) in [5, 5.41) is 0. The summed E-state index contributed by atoms with van der Waals surface area (Å²) in [6.45, 7) is 1.70. The second-order valence-electron chi connectivity index (χ2n) is 3.46. The second kappa shape index (κ2) is 3.65. The fourth-order valence-corrected chi connectivity index (χ4v) is 1.69. The lowest BCUT2D eigenvalue weighted by Crippen LogP contribution is -2.28. The number of nitrogens with two attached hydrogens (primary N) is 1. The van der Waals surface area contributed by atoms with Gasteiger partial charge in [0.25, 0.3) is 5.91 Å². The molecule has 1 aliphatic rings. The standard InChI is InChI=1S/C10H13N3O/c11-9-7-12-4-3-8(9)10(14)13-5-1-2-6-13/h3-4,7H,1-2,5-6,11H2. The zero-order chi connectivity index (χ0) is 9.97. The van der Waals surface area contributed by atoms with Crippen LogP contribution in [0, 0.1) is 0 Å². The van der Waals surface area contributed by atoms with Gasteiger partial charge < -0.3 is 10.6 Å². The first-order valence-electron chi connectivity index (χ1n) is 4.78. The molecule has 0 saturated carbocycles. The maximum Gasteiger partial charge on any atom is 0.256 e. The molecule has 0 aromatic carbocycles. The van der Waals surface area contributed by atoms with Crippen LogP contribution in [-0.4, -0.2) is 28.9 Å². The van der Waals surface area contributed by atoms with Crippen molar-refractivity contribution in [2.24, 2.45) is 0 Å². The topological polar surface area (TPSA) is 59.2 Å². The molecule has 0 spiro atoms. The molecule has 0 radical (unpaired) electrons. The number of anilines is 1. The third kappa shape index (κ3) is 1.55. The number of nitrogen functional groups attached to an aromatic ring is 1. The number of rotatable bonds is 1. The summed E-state index contributed by atoms with van der Waals surface area (Å²) < 4.78 is 0. The first-order valence-corrected chi connectivity index (χ1v) is 4.78. The van der Waals surface area contributed by atoms with Crippen molar-refractivity contribution >= 4 is 11.6 Å². The SMILES string of the molecule is Nc1cnccc1C(=O)N1CCCC1. The molecule has 0 aliphatic carbocycles. The summed E-state index contributed by atoms with van der Waals surface area (Å²) in [5.41, 5.74) is 6.71. The zero-order valence-corrected chi connectivity index (χ0v) is 7.94. The summed E-state index contributed by atoms with van der Waals surface area (Å²) >= 11 is 0. The van der Waals surface area contributed by atoms with Crippen molar-refractivity contribution < 1.29 is 4.79 Å². The molecule has 0 unspecified atom stereocenters. The van der Waals surface area contributed by atoms with Crippen LogP contribution in [0.3, 0.4) is 0 Å². The molecule has 1 aliphatic heterocycles. The minimum atomic E-state index is 0.0300. The Bertz CT molecular complexity index is 345. The summed E-state index contributed by atoms with van der Waals surface area (Å²) in [6.07, 6.45) is 5.30. The number of carbonyl (C=O) groups excluding carboxylic acids is 1. The quantitative estimate of drug-likeness (QED) is 0.717. The van der Waals surface area contributed by atoms with E-state index < -0.39 is 0 Å². The van der Waals surface area contributed by atoms with Gasteiger partial charge in [-0.25, -0.2) is 0 Å². The van der Waals surface area contributed by atoms with E-state index in [0.717, 1.165) is 25.9 Å². The lowest BCUT2D eigenvalue weighted by Gasteiger charge is -2.15. The van der Waals surface area contributed by atoms with Gasteiger partial charge in [-0.3, -0.25) is 9.78 Å². The van der Waals surface area contributed by atoms with Gasteiger partial charge in [-0.2, -0.15) is 0 Å². The Kier molecular flexibility index (Phi) is 2.35. The summed E-state index contributed by atoms with van der Waals surface area (Å²) in [6, 6.07) is 1.68. The predicted molar refractivity (Wildman–Crippen MR) is 53.8 cm³/mol. The van der Waals surface area contributed by atoms with Gasteiger partial charge >= 0.3 is 0 Å². The first kappa shape index (κ1) is 8.99. The van der Waals surface area contributed by atoms with Crippen LogP contribution in [0.1, 0.15) is 23.2 Å². The van der Waals surface area contributed by atoms with Gasteiger partial charge in [0, 0.05) is 19.3 Å². The summed E-state index contributed by atoms with van der Waals surface area (Å²) in [5.74, 6) is 0.0300. The van der Waals surface area contributed by atoms with Gasteiger partial charge in [0.05, 0.1) is 17.4 Å². The lowest BCUT2D eigenvalue weighted by molar-refractivity contribution is 0.0794. The smallest absolute Gasteiger partial charge is 0.256 e. The van der Waals surface area contributed by atoms with E-state index in [1.807, 2.05) is 4.90 Å². The highest BCUT2D eigenvalue weighted by Crippen LogP contribution is 2.16. The molecule has 1 fully saturated rings. The number of hydrogen-bond donors (Lipinski definition) is 1. The molecule has 0 bridgehead atoms. The van der Waals surface area contributed by atoms with E-state index in [1.54, 1.807) is 12.3 Å². The van der Waals surface area contributed by atoms with Gasteiger partial charge in [-0.1, -0.05) is 0 Å². The Labute approximate surface area is 82.7 Å². The molecular formula is C10H13N3O. The van der Waals surface area contributed by atoms with Gasteiger partial charge in [0.2, 0.25) is 0 Å². The number of pyridine rings is 1. The van der Waals surface area contributed by atoms with Crippen molar-refractivity contribution in [3.05, 3.63) is 24.0 Å². The van der Waals surface area contributed by atoms with E-state index in [4.69, 9.17) is 5.73 Å².